The van der Waals surface area contributed by atoms with E-state index in [-0.39, 0.29) is 24.1 Å². The van der Waals surface area contributed by atoms with Crippen LogP contribution < -0.4 is 15.8 Å². The van der Waals surface area contributed by atoms with Gasteiger partial charge in [0.15, 0.2) is 11.6 Å². The third kappa shape index (κ3) is 6.97. The molecule has 0 aliphatic heterocycles. The van der Waals surface area contributed by atoms with Gasteiger partial charge in [0.2, 0.25) is 6.10 Å². The number of anilines is 2. The average molecular weight is 580 g/mol. The van der Waals surface area contributed by atoms with Crippen molar-refractivity contribution in [3.8, 4) is 16.9 Å². The highest BCUT2D eigenvalue weighted by Gasteiger charge is 2.27. The lowest BCUT2D eigenvalue weighted by Crippen LogP contribution is -2.22. The topological polar surface area (TPSA) is 121 Å². The molecule has 0 radical (unpaired) electrons. The normalized spacial score (nSPS) is 11.5. The molecule has 9 nitrogen and oxygen atoms in total. The van der Waals surface area contributed by atoms with E-state index in [1.165, 1.54) is 0 Å². The first-order valence-electron chi connectivity index (χ1n) is 13.1. The summed E-state index contributed by atoms with van der Waals surface area (Å²) in [6.07, 6.45) is 5.91. The molecular weight excluding hydrogens is 550 g/mol. The summed E-state index contributed by atoms with van der Waals surface area (Å²) >= 11 is 1.55. The Balaban J connectivity index is 1.43. The summed E-state index contributed by atoms with van der Waals surface area (Å²) in [4.78, 5) is 31.7. The van der Waals surface area contributed by atoms with E-state index in [0.29, 0.717) is 16.8 Å². The van der Waals surface area contributed by atoms with Gasteiger partial charge in [0.1, 0.15) is 6.61 Å². The molecule has 5 rings (SSSR count). The van der Waals surface area contributed by atoms with Crippen LogP contribution in [0.25, 0.3) is 11.1 Å². The van der Waals surface area contributed by atoms with Gasteiger partial charge < -0.3 is 20.5 Å². The number of thioether (sulfide) groups is 1. The van der Waals surface area contributed by atoms with Crippen molar-refractivity contribution < 1.29 is 19.1 Å². The Labute approximate surface area is 247 Å². The van der Waals surface area contributed by atoms with Gasteiger partial charge in [-0.15, -0.1) is 11.8 Å². The van der Waals surface area contributed by atoms with E-state index >= 15 is 0 Å². The Morgan fingerprint density at radius 1 is 0.976 bits per heavy atom. The molecule has 3 aromatic carbocycles. The van der Waals surface area contributed by atoms with Gasteiger partial charge in [-0.3, -0.25) is 9.48 Å². The van der Waals surface area contributed by atoms with Crippen molar-refractivity contribution in [2.45, 2.75) is 17.6 Å². The zero-order chi connectivity index (χ0) is 29.5. The fourth-order valence-corrected chi connectivity index (χ4v) is 4.67. The number of nitrogen functional groups attached to an aromatic ring is 1. The molecule has 0 fully saturated rings. The third-order valence-corrected chi connectivity index (χ3v) is 7.11. The molecule has 212 valence electrons. The maximum atomic E-state index is 13.5. The van der Waals surface area contributed by atoms with Gasteiger partial charge in [0, 0.05) is 52.3 Å². The Hall–Kier alpha value is -5.09. The molecule has 0 spiro atoms. The number of rotatable bonds is 10. The second kappa shape index (κ2) is 13.0. The maximum Gasteiger partial charge on any atom is 0.352 e. The lowest BCUT2D eigenvalue weighted by molar-refractivity contribution is -0.153. The van der Waals surface area contributed by atoms with Crippen LogP contribution >= 0.6 is 11.8 Å². The van der Waals surface area contributed by atoms with Gasteiger partial charge in [-0.25, -0.2) is 9.78 Å². The number of pyridine rings is 1. The summed E-state index contributed by atoms with van der Waals surface area (Å²) in [7, 11) is 1.82. The van der Waals surface area contributed by atoms with Gasteiger partial charge in [0.25, 0.3) is 5.91 Å². The van der Waals surface area contributed by atoms with Crippen LogP contribution in [0.4, 0.5) is 11.5 Å². The summed E-state index contributed by atoms with van der Waals surface area (Å²) in [6, 6.07) is 25.3. The van der Waals surface area contributed by atoms with Crippen LogP contribution in [0, 0.1) is 0 Å². The van der Waals surface area contributed by atoms with E-state index < -0.39 is 12.1 Å². The first-order chi connectivity index (χ1) is 20.4. The monoisotopic (exact) mass is 579 g/mol. The Kier molecular flexibility index (Phi) is 8.84. The highest BCUT2D eigenvalue weighted by atomic mass is 32.2. The van der Waals surface area contributed by atoms with Crippen molar-refractivity contribution in [3.63, 3.8) is 0 Å². The van der Waals surface area contributed by atoms with Crippen molar-refractivity contribution in [1.82, 2.24) is 14.8 Å². The van der Waals surface area contributed by atoms with E-state index in [2.05, 4.69) is 15.4 Å². The van der Waals surface area contributed by atoms with Crippen LogP contribution in [0.1, 0.15) is 27.6 Å². The lowest BCUT2D eigenvalue weighted by atomic mass is 10.1. The summed E-state index contributed by atoms with van der Waals surface area (Å²) in [5, 5.41) is 7.11. The molecule has 0 aliphatic carbocycles. The van der Waals surface area contributed by atoms with Gasteiger partial charge in [0.05, 0.1) is 6.20 Å². The second-order valence-corrected chi connectivity index (χ2v) is 10.3. The molecule has 10 heteroatoms. The average Bonchev–Trinajstić information content (AvgIpc) is 3.46. The highest BCUT2D eigenvalue weighted by molar-refractivity contribution is 7.98. The summed E-state index contributed by atoms with van der Waals surface area (Å²) in [5.41, 5.74) is 10.0. The Morgan fingerprint density at radius 2 is 1.79 bits per heavy atom. The van der Waals surface area contributed by atoms with Crippen LogP contribution in [0.5, 0.6) is 5.75 Å². The Morgan fingerprint density at radius 3 is 2.55 bits per heavy atom. The predicted octanol–water partition coefficient (Wildman–Crippen LogP) is 5.90. The minimum Gasteiger partial charge on any atom is -0.470 e. The molecule has 0 saturated heterocycles. The smallest absolute Gasteiger partial charge is 0.352 e. The molecular formula is C32H29N5O4S. The van der Waals surface area contributed by atoms with E-state index in [9.17, 15) is 9.59 Å². The van der Waals surface area contributed by atoms with Crippen molar-refractivity contribution in [2.24, 2.45) is 7.05 Å². The number of carbonyl (C=O) groups excluding carboxylic acids is 2. The Bertz CT molecular complexity index is 1710. The minimum absolute atomic E-state index is 0.0607. The molecule has 1 atom stereocenters. The molecule has 1 amide bonds. The molecule has 5 aromatic rings. The largest absolute Gasteiger partial charge is 0.470 e. The number of nitrogens with zero attached hydrogens (tertiary/aromatic N) is 3. The minimum atomic E-state index is -1.20. The zero-order valence-electron chi connectivity index (χ0n) is 23.1. The van der Waals surface area contributed by atoms with Gasteiger partial charge in [-0.2, -0.15) is 5.10 Å². The number of aromatic nitrogens is 3. The van der Waals surface area contributed by atoms with Crippen molar-refractivity contribution in [1.29, 1.82) is 0 Å². The number of nitrogens with two attached hydrogens (primary N) is 1. The number of ether oxygens (including phenoxy) is 2. The first kappa shape index (κ1) is 28.4. The number of amides is 1. The van der Waals surface area contributed by atoms with E-state index in [1.54, 1.807) is 65.2 Å². The maximum absolute atomic E-state index is 13.5. The van der Waals surface area contributed by atoms with E-state index in [4.69, 9.17) is 15.2 Å². The van der Waals surface area contributed by atoms with Gasteiger partial charge >= 0.3 is 5.97 Å². The van der Waals surface area contributed by atoms with E-state index in [1.807, 2.05) is 68.0 Å². The number of esters is 1. The second-order valence-electron chi connectivity index (χ2n) is 9.41. The number of benzene rings is 3. The van der Waals surface area contributed by atoms with E-state index in [0.717, 1.165) is 21.6 Å². The summed E-state index contributed by atoms with van der Waals surface area (Å²) in [6.45, 7) is 0.0607. The quantitative estimate of drug-likeness (QED) is 0.155. The van der Waals surface area contributed by atoms with Crippen LogP contribution in [-0.2, 0) is 23.2 Å². The SMILES string of the molecule is CSc1cccc(C(=O)Nc2cccc([C@@H](Oc3cc(-c4cnn(C)c4)cnc3N)C(=O)OCc3ccccc3)c2)c1. The first-order valence-corrected chi connectivity index (χ1v) is 14.3. The van der Waals surface area contributed by atoms with Crippen LogP contribution in [0.2, 0.25) is 0 Å². The van der Waals surface area contributed by atoms with Crippen molar-refractivity contribution >= 4 is 35.1 Å². The molecule has 3 N–H and O–H groups in total. The molecule has 2 aromatic heterocycles. The zero-order valence-corrected chi connectivity index (χ0v) is 23.9. The predicted molar refractivity (Wildman–Crippen MR) is 163 cm³/mol. The number of nitrogens with one attached hydrogen (secondary N) is 1. The number of aryl methyl sites for hydroxylation is 1. The van der Waals surface area contributed by atoms with Crippen LogP contribution in [0.3, 0.4) is 0 Å². The fourth-order valence-electron chi connectivity index (χ4n) is 4.21. The molecule has 0 saturated carbocycles. The number of hydrogen-bond acceptors (Lipinski definition) is 8. The summed E-state index contributed by atoms with van der Waals surface area (Å²) < 4.78 is 13.6. The van der Waals surface area contributed by atoms with Crippen molar-refractivity contribution in [2.75, 3.05) is 17.3 Å². The molecule has 42 heavy (non-hydrogen) atoms. The highest BCUT2D eigenvalue weighted by Crippen LogP contribution is 2.32. The lowest BCUT2D eigenvalue weighted by Gasteiger charge is -2.20. The molecule has 2 heterocycles. The van der Waals surface area contributed by atoms with Gasteiger partial charge in [-0.1, -0.05) is 48.5 Å². The number of carbonyl (C=O) groups is 2. The standard InChI is InChI=1S/C32H29N5O4S/c1-37-19-25(18-35-37)24-16-28(30(33)34-17-24)41-29(32(39)40-20-21-8-4-3-5-9-21)22-10-6-12-26(14-22)36-31(38)23-11-7-13-27(15-23)42-2/h3-19,29H,20H2,1-2H3,(H2,33,34)(H,36,38)/t29-/m1/s1. The van der Waals surface area contributed by atoms with Crippen LogP contribution in [0.15, 0.2) is 108 Å². The van der Waals surface area contributed by atoms with Gasteiger partial charge in [-0.05, 0) is 48.2 Å². The molecule has 0 aliphatic rings. The summed E-state index contributed by atoms with van der Waals surface area (Å²) in [5.74, 6) is -0.575. The molecule has 0 bridgehead atoms. The fraction of sp³-hybridized carbons (Fsp3) is 0.125. The van der Waals surface area contributed by atoms with Crippen LogP contribution in [-0.4, -0.2) is 32.9 Å². The number of hydrogen-bond donors (Lipinski definition) is 2. The third-order valence-electron chi connectivity index (χ3n) is 6.38. The van der Waals surface area contributed by atoms with Crippen molar-refractivity contribution in [3.05, 3.63) is 120 Å². The molecule has 0 unspecified atom stereocenters.